The van der Waals surface area contributed by atoms with E-state index in [4.69, 9.17) is 4.74 Å². The molecule has 2 aromatic rings. The zero-order valence-electron chi connectivity index (χ0n) is 13.0. The highest BCUT2D eigenvalue weighted by Crippen LogP contribution is 2.20. The topological polar surface area (TPSA) is 56.2 Å². The van der Waals surface area contributed by atoms with Crippen molar-refractivity contribution >= 4 is 11.6 Å². The molecule has 5 heteroatoms. The summed E-state index contributed by atoms with van der Waals surface area (Å²) in [4.78, 5) is 16.5. The van der Waals surface area contributed by atoms with E-state index in [1.54, 1.807) is 0 Å². The molecule has 0 bridgehead atoms. The highest BCUT2D eigenvalue weighted by molar-refractivity contribution is 5.92. The predicted octanol–water partition coefficient (Wildman–Crippen LogP) is 2.85. The van der Waals surface area contributed by atoms with Crippen molar-refractivity contribution < 1.29 is 9.53 Å². The van der Waals surface area contributed by atoms with Crippen LogP contribution in [0.15, 0.2) is 30.6 Å². The van der Waals surface area contributed by atoms with E-state index >= 15 is 0 Å². The van der Waals surface area contributed by atoms with Crippen molar-refractivity contribution in [3.8, 4) is 5.69 Å². The van der Waals surface area contributed by atoms with Gasteiger partial charge in [-0.25, -0.2) is 4.98 Å². The van der Waals surface area contributed by atoms with Crippen LogP contribution in [0, 0.1) is 19.8 Å². The van der Waals surface area contributed by atoms with Gasteiger partial charge in [0.1, 0.15) is 0 Å². The number of aromatic nitrogens is 2. The number of rotatable bonds is 3. The number of imidazole rings is 1. The van der Waals surface area contributed by atoms with Gasteiger partial charge in [0.05, 0.1) is 12.0 Å². The Bertz CT molecular complexity index is 655. The first-order chi connectivity index (χ1) is 10.6. The van der Waals surface area contributed by atoms with Crippen LogP contribution in [0.1, 0.15) is 24.2 Å². The van der Waals surface area contributed by atoms with Crippen LogP contribution in [0.25, 0.3) is 5.69 Å². The summed E-state index contributed by atoms with van der Waals surface area (Å²) in [7, 11) is 0. The second kappa shape index (κ2) is 6.32. The second-order valence-electron chi connectivity index (χ2n) is 5.71. The van der Waals surface area contributed by atoms with Crippen molar-refractivity contribution in [1.29, 1.82) is 0 Å². The lowest BCUT2D eigenvalue weighted by Gasteiger charge is -2.21. The number of nitrogens with zero attached hydrogens (tertiary/aromatic N) is 2. The van der Waals surface area contributed by atoms with E-state index in [0.717, 1.165) is 35.6 Å². The van der Waals surface area contributed by atoms with E-state index in [0.29, 0.717) is 13.2 Å². The maximum atomic E-state index is 12.2. The first-order valence-corrected chi connectivity index (χ1v) is 7.65. The van der Waals surface area contributed by atoms with Crippen molar-refractivity contribution in [2.24, 2.45) is 5.92 Å². The maximum Gasteiger partial charge on any atom is 0.227 e. The summed E-state index contributed by atoms with van der Waals surface area (Å²) in [6.07, 6.45) is 3.43. The van der Waals surface area contributed by atoms with E-state index in [2.05, 4.69) is 10.3 Å². The van der Waals surface area contributed by atoms with Crippen molar-refractivity contribution in [1.82, 2.24) is 9.55 Å². The average Bonchev–Trinajstić information content (AvgIpc) is 2.89. The fraction of sp³-hybridized carbons (Fsp3) is 0.412. The molecule has 1 aromatic carbocycles. The van der Waals surface area contributed by atoms with Crippen LogP contribution in [0.4, 0.5) is 5.69 Å². The van der Waals surface area contributed by atoms with Crippen LogP contribution in [-0.2, 0) is 9.53 Å². The van der Waals surface area contributed by atoms with Gasteiger partial charge < -0.3 is 14.6 Å². The lowest BCUT2D eigenvalue weighted by Crippen LogP contribution is -2.28. The Morgan fingerprint density at radius 3 is 2.50 bits per heavy atom. The molecule has 1 amide bonds. The number of amides is 1. The molecular weight excluding hydrogens is 278 g/mol. The zero-order chi connectivity index (χ0) is 15.5. The molecule has 0 spiro atoms. The molecular formula is C17H21N3O2. The first kappa shape index (κ1) is 14.8. The largest absolute Gasteiger partial charge is 0.381 e. The van der Waals surface area contributed by atoms with Gasteiger partial charge in [-0.15, -0.1) is 0 Å². The molecule has 1 aliphatic heterocycles. The maximum absolute atomic E-state index is 12.2. The quantitative estimate of drug-likeness (QED) is 0.948. The van der Waals surface area contributed by atoms with Crippen LogP contribution in [0.3, 0.4) is 0 Å². The first-order valence-electron chi connectivity index (χ1n) is 7.65. The number of carbonyl (C=O) groups excluding carboxylic acids is 1. The fourth-order valence-electron chi connectivity index (χ4n) is 2.67. The summed E-state index contributed by atoms with van der Waals surface area (Å²) in [6, 6.07) is 7.85. The smallest absolute Gasteiger partial charge is 0.227 e. The molecule has 0 atom stereocenters. The van der Waals surface area contributed by atoms with Crippen molar-refractivity contribution in [3.63, 3.8) is 0 Å². The highest BCUT2D eigenvalue weighted by atomic mass is 16.5. The van der Waals surface area contributed by atoms with Gasteiger partial charge in [-0.1, -0.05) is 0 Å². The highest BCUT2D eigenvalue weighted by Gasteiger charge is 2.21. The molecule has 5 nitrogen and oxygen atoms in total. The van der Waals surface area contributed by atoms with Gasteiger partial charge in [-0.2, -0.15) is 0 Å². The normalized spacial score (nSPS) is 15.7. The minimum Gasteiger partial charge on any atom is -0.381 e. The number of anilines is 1. The Labute approximate surface area is 130 Å². The molecule has 1 aliphatic rings. The SMILES string of the molecule is Cc1ncn(-c2ccc(NC(=O)C3CCOCC3)cc2)c1C. The van der Waals surface area contributed by atoms with E-state index in [9.17, 15) is 4.79 Å². The summed E-state index contributed by atoms with van der Waals surface area (Å²) in [5.74, 6) is 0.151. The van der Waals surface area contributed by atoms with Gasteiger partial charge in [0.25, 0.3) is 0 Å². The standard InChI is InChI=1S/C17H21N3O2/c1-12-13(2)20(11-18-12)16-5-3-15(4-6-16)19-17(21)14-7-9-22-10-8-14/h3-6,11,14H,7-10H2,1-2H3,(H,19,21). The van der Waals surface area contributed by atoms with E-state index in [-0.39, 0.29) is 11.8 Å². The molecule has 2 heterocycles. The van der Waals surface area contributed by atoms with Crippen LogP contribution in [0.2, 0.25) is 0 Å². The van der Waals surface area contributed by atoms with E-state index < -0.39 is 0 Å². The zero-order valence-corrected chi connectivity index (χ0v) is 13.0. The average molecular weight is 299 g/mol. The Morgan fingerprint density at radius 2 is 1.91 bits per heavy atom. The number of aryl methyl sites for hydroxylation is 1. The van der Waals surface area contributed by atoms with Crippen molar-refractivity contribution in [3.05, 3.63) is 42.0 Å². The molecule has 1 N–H and O–H groups in total. The Balaban J connectivity index is 1.69. The van der Waals surface area contributed by atoms with Gasteiger partial charge in [-0.05, 0) is 51.0 Å². The summed E-state index contributed by atoms with van der Waals surface area (Å²) in [5, 5.41) is 2.99. The second-order valence-corrected chi connectivity index (χ2v) is 5.71. The minimum absolute atomic E-state index is 0.0620. The van der Waals surface area contributed by atoms with Crippen LogP contribution >= 0.6 is 0 Å². The Kier molecular flexibility index (Phi) is 4.24. The molecule has 22 heavy (non-hydrogen) atoms. The third kappa shape index (κ3) is 3.04. The summed E-state index contributed by atoms with van der Waals surface area (Å²) in [5.41, 5.74) is 4.02. The molecule has 0 aliphatic carbocycles. The molecule has 1 aromatic heterocycles. The number of ether oxygens (including phenoxy) is 1. The minimum atomic E-state index is 0.0620. The monoisotopic (exact) mass is 299 g/mol. The van der Waals surface area contributed by atoms with Gasteiger partial charge in [0, 0.05) is 36.2 Å². The molecule has 1 fully saturated rings. The fourth-order valence-corrected chi connectivity index (χ4v) is 2.67. The molecule has 116 valence electrons. The number of hydrogen-bond acceptors (Lipinski definition) is 3. The molecule has 1 saturated heterocycles. The number of carbonyl (C=O) groups is 1. The van der Waals surface area contributed by atoms with Gasteiger partial charge >= 0.3 is 0 Å². The van der Waals surface area contributed by atoms with Crippen molar-refractivity contribution in [2.75, 3.05) is 18.5 Å². The van der Waals surface area contributed by atoms with Gasteiger partial charge in [0.15, 0.2) is 0 Å². The molecule has 0 unspecified atom stereocenters. The van der Waals surface area contributed by atoms with Crippen molar-refractivity contribution in [2.45, 2.75) is 26.7 Å². The number of nitrogens with one attached hydrogen (secondary N) is 1. The van der Waals surface area contributed by atoms with Crippen LogP contribution < -0.4 is 5.32 Å². The third-order valence-electron chi connectivity index (χ3n) is 4.26. The van der Waals surface area contributed by atoms with E-state index in [1.165, 1.54) is 0 Å². The summed E-state index contributed by atoms with van der Waals surface area (Å²) in [6.45, 7) is 5.39. The molecule has 0 radical (unpaired) electrons. The number of hydrogen-bond donors (Lipinski definition) is 1. The Morgan fingerprint density at radius 1 is 1.23 bits per heavy atom. The third-order valence-corrected chi connectivity index (χ3v) is 4.26. The van der Waals surface area contributed by atoms with Crippen LogP contribution in [0.5, 0.6) is 0 Å². The van der Waals surface area contributed by atoms with Gasteiger partial charge in [-0.3, -0.25) is 4.79 Å². The van der Waals surface area contributed by atoms with E-state index in [1.807, 2.05) is 49.0 Å². The Hall–Kier alpha value is -2.14. The van der Waals surface area contributed by atoms with Crippen LogP contribution in [-0.4, -0.2) is 28.7 Å². The molecule has 3 rings (SSSR count). The number of benzene rings is 1. The summed E-state index contributed by atoms with van der Waals surface area (Å²) >= 11 is 0. The molecule has 0 saturated carbocycles. The van der Waals surface area contributed by atoms with Gasteiger partial charge in [0.2, 0.25) is 5.91 Å². The summed E-state index contributed by atoms with van der Waals surface area (Å²) < 4.78 is 7.33. The lowest BCUT2D eigenvalue weighted by atomic mass is 9.99. The predicted molar refractivity (Wildman–Crippen MR) is 85.2 cm³/mol. The lowest BCUT2D eigenvalue weighted by molar-refractivity contribution is -0.122.